The molecule has 2 heterocycles. The van der Waals surface area contributed by atoms with E-state index in [0.29, 0.717) is 43.2 Å². The Bertz CT molecular complexity index is 811. The molecule has 2 aromatic rings. The summed E-state index contributed by atoms with van der Waals surface area (Å²) in [6.07, 6.45) is 1.35. The maximum Gasteiger partial charge on any atom is 0.270 e. The van der Waals surface area contributed by atoms with Crippen molar-refractivity contribution < 1.29 is 14.5 Å². The van der Waals surface area contributed by atoms with Gasteiger partial charge in [-0.1, -0.05) is 6.07 Å². The summed E-state index contributed by atoms with van der Waals surface area (Å²) in [6.45, 7) is 4.78. The first kappa shape index (κ1) is 17.8. The van der Waals surface area contributed by atoms with Crippen LogP contribution in [0, 0.1) is 24.0 Å². The lowest BCUT2D eigenvalue weighted by Gasteiger charge is -2.32. The minimum Gasteiger partial charge on any atom is -0.474 e. The van der Waals surface area contributed by atoms with Gasteiger partial charge in [-0.05, 0) is 19.9 Å². The highest BCUT2D eigenvalue weighted by molar-refractivity contribution is 5.94. The van der Waals surface area contributed by atoms with Crippen LogP contribution in [0.1, 0.15) is 34.7 Å². The predicted molar refractivity (Wildman–Crippen MR) is 94.2 cm³/mol. The Morgan fingerprint density at radius 2 is 1.96 bits per heavy atom. The predicted octanol–water partition coefficient (Wildman–Crippen LogP) is 2.69. The number of non-ortho nitro benzene ring substituents is 1. The molecule has 0 atom stereocenters. The molecule has 0 radical (unpaired) electrons. The van der Waals surface area contributed by atoms with Gasteiger partial charge in [-0.2, -0.15) is 4.98 Å². The summed E-state index contributed by atoms with van der Waals surface area (Å²) in [5.41, 5.74) is 1.11. The van der Waals surface area contributed by atoms with Gasteiger partial charge in [-0.3, -0.25) is 14.9 Å². The molecule has 136 valence electrons. The highest BCUT2D eigenvalue weighted by atomic mass is 16.6. The van der Waals surface area contributed by atoms with Crippen LogP contribution in [0.2, 0.25) is 0 Å². The van der Waals surface area contributed by atoms with Crippen LogP contribution in [0.5, 0.6) is 5.88 Å². The molecule has 8 nitrogen and oxygen atoms in total. The summed E-state index contributed by atoms with van der Waals surface area (Å²) >= 11 is 0. The van der Waals surface area contributed by atoms with Crippen LogP contribution in [0.25, 0.3) is 0 Å². The summed E-state index contributed by atoms with van der Waals surface area (Å²) in [5.74, 6) is 1.03. The lowest BCUT2D eigenvalue weighted by molar-refractivity contribution is -0.384. The van der Waals surface area contributed by atoms with Crippen molar-refractivity contribution in [2.75, 3.05) is 13.1 Å². The number of nitro groups is 1. The van der Waals surface area contributed by atoms with Gasteiger partial charge in [0.1, 0.15) is 11.9 Å². The SMILES string of the molecule is Cc1cc(OC2CCN(C(=O)c3cccc([N+](=O)[O-])c3)CC2)nc(C)n1. The average molecular weight is 356 g/mol. The number of aryl methyl sites for hydroxylation is 2. The summed E-state index contributed by atoms with van der Waals surface area (Å²) < 4.78 is 5.92. The minimum atomic E-state index is -0.497. The molecule has 0 saturated carbocycles. The topological polar surface area (TPSA) is 98.5 Å². The summed E-state index contributed by atoms with van der Waals surface area (Å²) in [4.78, 5) is 33.1. The van der Waals surface area contributed by atoms with E-state index in [0.717, 1.165) is 5.69 Å². The average Bonchev–Trinajstić information content (AvgIpc) is 2.61. The number of likely N-dealkylation sites (tertiary alicyclic amines) is 1. The Morgan fingerprint density at radius 3 is 2.62 bits per heavy atom. The number of ether oxygens (including phenoxy) is 1. The summed E-state index contributed by atoms with van der Waals surface area (Å²) in [5, 5.41) is 10.9. The molecule has 0 bridgehead atoms. The second-order valence-electron chi connectivity index (χ2n) is 6.31. The number of aromatic nitrogens is 2. The van der Waals surface area contributed by atoms with Gasteiger partial charge in [0.2, 0.25) is 5.88 Å². The standard InChI is InChI=1S/C18H20N4O4/c1-12-10-17(20-13(2)19-12)26-16-6-8-21(9-7-16)18(23)14-4-3-5-15(11-14)22(24)25/h3-5,10-11,16H,6-9H2,1-2H3. The first-order valence-electron chi connectivity index (χ1n) is 8.45. The first-order valence-corrected chi connectivity index (χ1v) is 8.45. The quantitative estimate of drug-likeness (QED) is 0.617. The molecule has 1 aromatic carbocycles. The number of amides is 1. The highest BCUT2D eigenvalue weighted by Crippen LogP contribution is 2.21. The summed E-state index contributed by atoms with van der Waals surface area (Å²) in [6, 6.07) is 7.62. The lowest BCUT2D eigenvalue weighted by atomic mass is 10.1. The van der Waals surface area contributed by atoms with E-state index in [1.54, 1.807) is 17.0 Å². The van der Waals surface area contributed by atoms with Crippen molar-refractivity contribution in [2.45, 2.75) is 32.8 Å². The molecule has 1 fully saturated rings. The van der Waals surface area contributed by atoms with Gasteiger partial charge in [0.05, 0.1) is 4.92 Å². The van der Waals surface area contributed by atoms with Crippen molar-refractivity contribution in [3.63, 3.8) is 0 Å². The second-order valence-corrected chi connectivity index (χ2v) is 6.31. The zero-order valence-corrected chi connectivity index (χ0v) is 14.7. The van der Waals surface area contributed by atoms with E-state index < -0.39 is 4.92 Å². The van der Waals surface area contributed by atoms with Crippen molar-refractivity contribution >= 4 is 11.6 Å². The van der Waals surface area contributed by atoms with Crippen molar-refractivity contribution in [1.82, 2.24) is 14.9 Å². The third-order valence-corrected chi connectivity index (χ3v) is 4.26. The van der Waals surface area contributed by atoms with E-state index >= 15 is 0 Å². The van der Waals surface area contributed by atoms with Gasteiger partial charge in [-0.25, -0.2) is 4.98 Å². The number of carbonyl (C=O) groups excluding carboxylic acids is 1. The molecule has 1 aliphatic heterocycles. The normalized spacial score (nSPS) is 14.9. The number of nitro benzene ring substituents is 1. The van der Waals surface area contributed by atoms with E-state index in [4.69, 9.17) is 4.74 Å². The third kappa shape index (κ3) is 4.14. The number of hydrogen-bond donors (Lipinski definition) is 0. The number of nitrogens with zero attached hydrogens (tertiary/aromatic N) is 4. The van der Waals surface area contributed by atoms with Crippen LogP contribution in [0.4, 0.5) is 5.69 Å². The van der Waals surface area contributed by atoms with Gasteiger partial charge < -0.3 is 9.64 Å². The minimum absolute atomic E-state index is 0.0159. The van der Waals surface area contributed by atoms with Crippen molar-refractivity contribution in [2.24, 2.45) is 0 Å². The van der Waals surface area contributed by atoms with Crippen LogP contribution in [0.15, 0.2) is 30.3 Å². The molecule has 3 rings (SSSR count). The van der Waals surface area contributed by atoms with E-state index in [-0.39, 0.29) is 17.7 Å². The zero-order chi connectivity index (χ0) is 18.7. The van der Waals surface area contributed by atoms with Gasteiger partial charge >= 0.3 is 0 Å². The van der Waals surface area contributed by atoms with Crippen LogP contribution in [-0.4, -0.2) is 44.9 Å². The molecular formula is C18H20N4O4. The molecule has 0 unspecified atom stereocenters. The van der Waals surface area contributed by atoms with Gasteiger partial charge in [0, 0.05) is 55.4 Å². The van der Waals surface area contributed by atoms with Crippen molar-refractivity contribution in [1.29, 1.82) is 0 Å². The maximum atomic E-state index is 12.6. The Labute approximate surface area is 151 Å². The highest BCUT2D eigenvalue weighted by Gasteiger charge is 2.25. The first-order chi connectivity index (χ1) is 12.4. The van der Waals surface area contributed by atoms with Crippen LogP contribution >= 0.6 is 0 Å². The number of piperidine rings is 1. The molecule has 1 amide bonds. The second kappa shape index (κ2) is 7.47. The Morgan fingerprint density at radius 1 is 1.23 bits per heavy atom. The monoisotopic (exact) mass is 356 g/mol. The molecular weight excluding hydrogens is 336 g/mol. The van der Waals surface area contributed by atoms with E-state index in [2.05, 4.69) is 9.97 Å². The number of carbonyl (C=O) groups is 1. The van der Waals surface area contributed by atoms with E-state index in [1.807, 2.05) is 13.8 Å². The molecule has 1 saturated heterocycles. The van der Waals surface area contributed by atoms with Crippen LogP contribution in [0.3, 0.4) is 0 Å². The van der Waals surface area contributed by atoms with Crippen molar-refractivity contribution in [3.8, 4) is 5.88 Å². The van der Waals surface area contributed by atoms with Gasteiger partial charge in [0.25, 0.3) is 11.6 Å². The van der Waals surface area contributed by atoms with Crippen molar-refractivity contribution in [3.05, 3.63) is 57.5 Å². The molecule has 26 heavy (non-hydrogen) atoms. The largest absolute Gasteiger partial charge is 0.474 e. The fourth-order valence-electron chi connectivity index (χ4n) is 3.03. The fourth-order valence-corrected chi connectivity index (χ4v) is 3.03. The van der Waals surface area contributed by atoms with Gasteiger partial charge in [0.15, 0.2) is 0 Å². The van der Waals surface area contributed by atoms with Crippen LogP contribution < -0.4 is 4.74 Å². The smallest absolute Gasteiger partial charge is 0.270 e. The number of benzene rings is 1. The molecule has 0 aliphatic carbocycles. The van der Waals surface area contributed by atoms with Gasteiger partial charge in [-0.15, -0.1) is 0 Å². The Hall–Kier alpha value is -3.03. The van der Waals surface area contributed by atoms with E-state index in [9.17, 15) is 14.9 Å². The molecule has 0 spiro atoms. The number of rotatable bonds is 4. The fraction of sp³-hybridized carbons (Fsp3) is 0.389. The van der Waals surface area contributed by atoms with E-state index in [1.165, 1.54) is 18.2 Å². The Kier molecular flexibility index (Phi) is 5.11. The zero-order valence-electron chi connectivity index (χ0n) is 14.7. The molecule has 0 N–H and O–H groups in total. The maximum absolute atomic E-state index is 12.6. The molecule has 1 aliphatic rings. The molecule has 8 heteroatoms. The Balaban J connectivity index is 1.60. The van der Waals surface area contributed by atoms with Crippen LogP contribution in [-0.2, 0) is 0 Å². The lowest BCUT2D eigenvalue weighted by Crippen LogP contribution is -2.41. The third-order valence-electron chi connectivity index (χ3n) is 4.26. The molecule has 1 aromatic heterocycles. The summed E-state index contributed by atoms with van der Waals surface area (Å²) in [7, 11) is 0. The number of hydrogen-bond acceptors (Lipinski definition) is 6.